The summed E-state index contributed by atoms with van der Waals surface area (Å²) in [6, 6.07) is 17.2. The highest BCUT2D eigenvalue weighted by atomic mass is 79.9. The van der Waals surface area contributed by atoms with Crippen LogP contribution in [0.3, 0.4) is 0 Å². The van der Waals surface area contributed by atoms with Crippen LogP contribution in [0.4, 0.5) is 0 Å². The molecule has 0 saturated carbocycles. The summed E-state index contributed by atoms with van der Waals surface area (Å²) in [6.07, 6.45) is 8.64. The molecular weight excluding hydrogens is 436 g/mol. The zero-order valence-electron chi connectivity index (χ0n) is 17.4. The van der Waals surface area contributed by atoms with Gasteiger partial charge in [-0.1, -0.05) is 53.9 Å². The third-order valence-electron chi connectivity index (χ3n) is 6.01. The smallest absolute Gasteiger partial charge is 0.0991 e. The van der Waals surface area contributed by atoms with E-state index >= 15 is 0 Å². The molecule has 30 heavy (non-hydrogen) atoms. The van der Waals surface area contributed by atoms with Gasteiger partial charge in [-0.05, 0) is 53.8 Å². The van der Waals surface area contributed by atoms with E-state index in [1.807, 2.05) is 36.8 Å². The fourth-order valence-electron chi connectivity index (χ4n) is 4.36. The highest BCUT2D eigenvalue weighted by Crippen LogP contribution is 2.36. The molecule has 1 atom stereocenters. The van der Waals surface area contributed by atoms with E-state index in [-0.39, 0.29) is 0 Å². The van der Waals surface area contributed by atoms with Gasteiger partial charge in [-0.3, -0.25) is 4.90 Å². The standard InChI is InChI=1S/C25H27BrN4/c1-2-3-4-25-24-13-22(26)10-9-21(24)11-12-29(25)17-23-15-28-18-30(23)16-20-7-5-19(14-27)6-8-20/h5-10,13,15,18,25H,2-4,11-12,16-17H2,1H3. The Labute approximate surface area is 187 Å². The Morgan fingerprint density at radius 2 is 2.00 bits per heavy atom. The maximum Gasteiger partial charge on any atom is 0.0991 e. The Morgan fingerprint density at radius 3 is 2.77 bits per heavy atom. The molecule has 1 aliphatic rings. The minimum Gasteiger partial charge on any atom is -0.329 e. The van der Waals surface area contributed by atoms with Crippen LogP contribution in [-0.4, -0.2) is 21.0 Å². The third kappa shape index (κ3) is 4.66. The van der Waals surface area contributed by atoms with Gasteiger partial charge in [-0.25, -0.2) is 4.98 Å². The number of nitriles is 1. The molecule has 1 aromatic heterocycles. The van der Waals surface area contributed by atoms with E-state index in [1.165, 1.54) is 41.6 Å². The molecule has 0 saturated heterocycles. The number of halogens is 1. The van der Waals surface area contributed by atoms with Crippen molar-refractivity contribution in [1.82, 2.24) is 14.5 Å². The number of imidazole rings is 1. The van der Waals surface area contributed by atoms with Gasteiger partial charge < -0.3 is 4.57 Å². The minimum absolute atomic E-state index is 0.449. The maximum absolute atomic E-state index is 9.01. The van der Waals surface area contributed by atoms with Crippen LogP contribution in [0.1, 0.15) is 60.2 Å². The largest absolute Gasteiger partial charge is 0.329 e. The van der Waals surface area contributed by atoms with Crippen molar-refractivity contribution in [3.8, 4) is 6.07 Å². The molecule has 0 radical (unpaired) electrons. The molecule has 1 aliphatic heterocycles. The zero-order valence-corrected chi connectivity index (χ0v) is 19.0. The molecule has 154 valence electrons. The van der Waals surface area contributed by atoms with Gasteiger partial charge >= 0.3 is 0 Å². The summed E-state index contributed by atoms with van der Waals surface area (Å²) < 4.78 is 3.39. The molecule has 2 aromatic carbocycles. The van der Waals surface area contributed by atoms with Crippen LogP contribution < -0.4 is 0 Å². The monoisotopic (exact) mass is 462 g/mol. The van der Waals surface area contributed by atoms with Crippen LogP contribution in [0.2, 0.25) is 0 Å². The van der Waals surface area contributed by atoms with Crippen molar-refractivity contribution in [1.29, 1.82) is 5.26 Å². The summed E-state index contributed by atoms with van der Waals surface area (Å²) in [5.41, 5.74) is 6.08. The van der Waals surface area contributed by atoms with Gasteiger partial charge in [-0.2, -0.15) is 5.26 Å². The first kappa shape index (κ1) is 20.8. The average Bonchev–Trinajstić information content (AvgIpc) is 3.20. The molecule has 5 heteroatoms. The van der Waals surface area contributed by atoms with Gasteiger partial charge in [0.05, 0.1) is 23.7 Å². The molecular formula is C25H27BrN4. The van der Waals surface area contributed by atoms with E-state index in [4.69, 9.17) is 5.26 Å². The first-order valence-corrected chi connectivity index (χ1v) is 11.5. The molecule has 2 heterocycles. The molecule has 0 bridgehead atoms. The van der Waals surface area contributed by atoms with Gasteiger partial charge in [-0.15, -0.1) is 0 Å². The first-order valence-electron chi connectivity index (χ1n) is 10.7. The highest BCUT2D eigenvalue weighted by molar-refractivity contribution is 9.10. The van der Waals surface area contributed by atoms with E-state index in [2.05, 4.69) is 61.6 Å². The Kier molecular flexibility index (Phi) is 6.66. The minimum atomic E-state index is 0.449. The number of rotatable bonds is 7. The van der Waals surface area contributed by atoms with Crippen molar-refractivity contribution < 1.29 is 0 Å². The van der Waals surface area contributed by atoms with E-state index < -0.39 is 0 Å². The molecule has 0 spiro atoms. The molecule has 0 N–H and O–H groups in total. The summed E-state index contributed by atoms with van der Waals surface area (Å²) in [5.74, 6) is 0. The van der Waals surface area contributed by atoms with Crippen LogP contribution in [-0.2, 0) is 19.5 Å². The topological polar surface area (TPSA) is 44.9 Å². The fourth-order valence-corrected chi connectivity index (χ4v) is 4.74. The van der Waals surface area contributed by atoms with Crippen molar-refractivity contribution >= 4 is 15.9 Å². The fraction of sp³-hybridized carbons (Fsp3) is 0.360. The van der Waals surface area contributed by atoms with Gasteiger partial charge in [0.1, 0.15) is 0 Å². The van der Waals surface area contributed by atoms with E-state index in [0.29, 0.717) is 11.6 Å². The van der Waals surface area contributed by atoms with Gasteiger partial charge in [0, 0.05) is 36.3 Å². The first-order chi connectivity index (χ1) is 14.7. The van der Waals surface area contributed by atoms with Crippen molar-refractivity contribution in [3.63, 3.8) is 0 Å². The van der Waals surface area contributed by atoms with Crippen molar-refractivity contribution in [2.24, 2.45) is 0 Å². The van der Waals surface area contributed by atoms with Crippen molar-refractivity contribution in [2.75, 3.05) is 6.54 Å². The molecule has 4 rings (SSSR count). The maximum atomic E-state index is 9.01. The van der Waals surface area contributed by atoms with Crippen LogP contribution in [0.5, 0.6) is 0 Å². The Morgan fingerprint density at radius 1 is 1.17 bits per heavy atom. The number of fused-ring (bicyclic) bond motifs is 1. The molecule has 0 amide bonds. The number of nitrogens with zero attached hydrogens (tertiary/aromatic N) is 4. The molecule has 0 aliphatic carbocycles. The summed E-state index contributed by atoms with van der Waals surface area (Å²) in [6.45, 7) is 5.01. The summed E-state index contributed by atoms with van der Waals surface area (Å²) in [4.78, 5) is 7.06. The summed E-state index contributed by atoms with van der Waals surface area (Å²) in [7, 11) is 0. The van der Waals surface area contributed by atoms with Crippen LogP contribution in [0, 0.1) is 11.3 Å². The molecule has 1 unspecified atom stereocenters. The van der Waals surface area contributed by atoms with E-state index in [9.17, 15) is 0 Å². The van der Waals surface area contributed by atoms with Gasteiger partial charge in [0.2, 0.25) is 0 Å². The van der Waals surface area contributed by atoms with Crippen LogP contribution in [0.25, 0.3) is 0 Å². The highest BCUT2D eigenvalue weighted by Gasteiger charge is 2.27. The van der Waals surface area contributed by atoms with Gasteiger partial charge in [0.25, 0.3) is 0 Å². The van der Waals surface area contributed by atoms with Crippen LogP contribution in [0.15, 0.2) is 59.5 Å². The lowest BCUT2D eigenvalue weighted by Gasteiger charge is -2.37. The van der Waals surface area contributed by atoms with E-state index in [0.717, 1.165) is 30.5 Å². The zero-order chi connectivity index (χ0) is 20.9. The summed E-state index contributed by atoms with van der Waals surface area (Å²) >= 11 is 3.67. The lowest BCUT2D eigenvalue weighted by Crippen LogP contribution is -2.35. The summed E-state index contributed by atoms with van der Waals surface area (Å²) in [5, 5.41) is 9.01. The van der Waals surface area contributed by atoms with Gasteiger partial charge in [0.15, 0.2) is 0 Å². The number of aromatic nitrogens is 2. The second kappa shape index (κ2) is 9.59. The second-order valence-corrected chi connectivity index (χ2v) is 8.96. The third-order valence-corrected chi connectivity index (χ3v) is 6.50. The Bertz CT molecular complexity index is 1030. The number of hydrogen-bond donors (Lipinski definition) is 0. The Hall–Kier alpha value is -2.42. The van der Waals surface area contributed by atoms with Crippen molar-refractivity contribution in [3.05, 3.63) is 87.4 Å². The quantitative estimate of drug-likeness (QED) is 0.441. The number of hydrogen-bond acceptors (Lipinski definition) is 3. The SMILES string of the molecule is CCCCC1c2cc(Br)ccc2CCN1Cc1cncn1Cc1ccc(C#N)cc1. The predicted octanol–water partition coefficient (Wildman–Crippen LogP) is 5.86. The molecule has 0 fully saturated rings. The lowest BCUT2D eigenvalue weighted by atomic mass is 9.89. The molecule has 3 aromatic rings. The Balaban J connectivity index is 1.54. The average molecular weight is 463 g/mol. The molecule has 4 nitrogen and oxygen atoms in total. The van der Waals surface area contributed by atoms with E-state index in [1.54, 1.807) is 0 Å². The number of benzene rings is 2. The lowest BCUT2D eigenvalue weighted by molar-refractivity contribution is 0.160. The van der Waals surface area contributed by atoms with Crippen molar-refractivity contribution in [2.45, 2.75) is 51.7 Å². The number of unbranched alkanes of at least 4 members (excludes halogenated alkanes) is 1. The van der Waals surface area contributed by atoms with Crippen LogP contribution >= 0.6 is 15.9 Å². The second-order valence-electron chi connectivity index (χ2n) is 8.04. The predicted molar refractivity (Wildman–Crippen MR) is 123 cm³/mol. The normalized spacial score (nSPS) is 16.2.